The van der Waals surface area contributed by atoms with Crippen LogP contribution in [-0.2, 0) is 16.0 Å². The van der Waals surface area contributed by atoms with Crippen molar-refractivity contribution in [2.45, 2.75) is 12.5 Å². The van der Waals surface area contributed by atoms with E-state index >= 15 is 0 Å². The minimum absolute atomic E-state index is 0.0127. The van der Waals surface area contributed by atoms with E-state index in [1.807, 2.05) is 0 Å². The van der Waals surface area contributed by atoms with Gasteiger partial charge in [0.2, 0.25) is 0 Å². The summed E-state index contributed by atoms with van der Waals surface area (Å²) in [6, 6.07) is 2.59. The van der Waals surface area contributed by atoms with E-state index in [0.717, 1.165) is 7.11 Å². The Hall–Kier alpha value is -1.01. The molecule has 0 aliphatic carbocycles. The third-order valence-corrected chi connectivity index (χ3v) is 2.61. The average Bonchev–Trinajstić information content (AvgIpc) is 2.28. The molecule has 0 saturated carbocycles. The van der Waals surface area contributed by atoms with Crippen LogP contribution in [-0.4, -0.2) is 24.3 Å². The predicted octanol–water partition coefficient (Wildman–Crippen LogP) is 1.80. The summed E-state index contributed by atoms with van der Waals surface area (Å²) in [4.78, 5) is 10.9. The van der Waals surface area contributed by atoms with E-state index in [4.69, 9.17) is 0 Å². The van der Waals surface area contributed by atoms with Crippen LogP contribution in [0, 0.1) is 11.6 Å². The summed E-state index contributed by atoms with van der Waals surface area (Å²) in [6.45, 7) is 0. The molecule has 3 nitrogen and oxygen atoms in total. The monoisotopic (exact) mass is 294 g/mol. The molecule has 0 aliphatic heterocycles. The Kier molecular flexibility index (Phi) is 4.37. The quantitative estimate of drug-likeness (QED) is 0.683. The van der Waals surface area contributed by atoms with E-state index in [0.29, 0.717) is 0 Å². The molecule has 0 spiro atoms. The number of methoxy groups -OCH3 is 1. The van der Waals surface area contributed by atoms with Gasteiger partial charge < -0.3 is 9.84 Å². The molecule has 88 valence electrons. The Labute approximate surface area is 99.2 Å². The summed E-state index contributed by atoms with van der Waals surface area (Å²) in [5.74, 6) is -3.02. The molecule has 1 aromatic carbocycles. The molecule has 1 rings (SSSR count). The van der Waals surface area contributed by atoms with Crippen LogP contribution in [0.4, 0.5) is 8.78 Å². The van der Waals surface area contributed by atoms with Gasteiger partial charge in [-0.05, 0) is 27.6 Å². The Balaban J connectivity index is 2.90. The van der Waals surface area contributed by atoms with Crippen molar-refractivity contribution in [3.05, 3.63) is 33.8 Å². The molecule has 1 atom stereocenters. The zero-order chi connectivity index (χ0) is 12.3. The van der Waals surface area contributed by atoms with Crippen molar-refractivity contribution in [2.24, 2.45) is 0 Å². The highest BCUT2D eigenvalue weighted by Crippen LogP contribution is 2.21. The van der Waals surface area contributed by atoms with Gasteiger partial charge >= 0.3 is 5.97 Å². The molecule has 16 heavy (non-hydrogen) atoms. The molecular weight excluding hydrogens is 286 g/mol. The van der Waals surface area contributed by atoms with Gasteiger partial charge in [-0.3, -0.25) is 0 Å². The summed E-state index contributed by atoms with van der Waals surface area (Å²) in [6.07, 6.45) is -1.83. The molecule has 0 saturated heterocycles. The summed E-state index contributed by atoms with van der Waals surface area (Å²) >= 11 is 2.82. The van der Waals surface area contributed by atoms with Crippen molar-refractivity contribution < 1.29 is 23.4 Å². The second-order valence-electron chi connectivity index (χ2n) is 3.08. The van der Waals surface area contributed by atoms with E-state index in [-0.39, 0.29) is 16.5 Å². The van der Waals surface area contributed by atoms with Crippen LogP contribution in [0.2, 0.25) is 0 Å². The fraction of sp³-hybridized carbons (Fsp3) is 0.300. The number of aliphatic hydroxyl groups excluding tert-OH is 1. The third-order valence-electron chi connectivity index (χ3n) is 2.00. The lowest BCUT2D eigenvalue weighted by Gasteiger charge is -2.09. The van der Waals surface area contributed by atoms with Crippen LogP contribution < -0.4 is 0 Å². The van der Waals surface area contributed by atoms with E-state index < -0.39 is 23.7 Å². The van der Waals surface area contributed by atoms with Gasteiger partial charge in [-0.15, -0.1) is 0 Å². The first kappa shape index (κ1) is 13.1. The van der Waals surface area contributed by atoms with Crippen molar-refractivity contribution in [2.75, 3.05) is 7.11 Å². The lowest BCUT2D eigenvalue weighted by atomic mass is 10.1. The van der Waals surface area contributed by atoms with Crippen molar-refractivity contribution in [1.82, 2.24) is 0 Å². The normalized spacial score (nSPS) is 12.3. The van der Waals surface area contributed by atoms with Gasteiger partial charge in [0.15, 0.2) is 17.7 Å². The number of carbonyl (C=O) groups is 1. The molecule has 1 N–H and O–H groups in total. The van der Waals surface area contributed by atoms with E-state index in [2.05, 4.69) is 20.7 Å². The summed E-state index contributed by atoms with van der Waals surface area (Å²) in [7, 11) is 1.10. The number of esters is 1. The minimum Gasteiger partial charge on any atom is -0.467 e. The predicted molar refractivity (Wildman–Crippen MR) is 55.8 cm³/mol. The highest BCUT2D eigenvalue weighted by molar-refractivity contribution is 9.10. The second kappa shape index (κ2) is 5.36. The standard InChI is InChI=1S/C10H9BrF2O3/c1-16-10(15)7(14)4-5-2-3-6(11)9(13)8(5)12/h2-3,7,14H,4H2,1H3. The number of hydrogen-bond donors (Lipinski definition) is 1. The highest BCUT2D eigenvalue weighted by atomic mass is 79.9. The van der Waals surface area contributed by atoms with Crippen molar-refractivity contribution in [3.63, 3.8) is 0 Å². The first-order chi connectivity index (χ1) is 7.47. The Morgan fingerprint density at radius 3 is 2.69 bits per heavy atom. The largest absolute Gasteiger partial charge is 0.467 e. The number of carbonyl (C=O) groups excluding carboxylic acids is 1. The molecular formula is C10H9BrF2O3. The number of halogens is 3. The maximum Gasteiger partial charge on any atom is 0.335 e. The fourth-order valence-electron chi connectivity index (χ4n) is 1.15. The van der Waals surface area contributed by atoms with Crippen molar-refractivity contribution in [3.8, 4) is 0 Å². The van der Waals surface area contributed by atoms with Gasteiger partial charge in [-0.25, -0.2) is 13.6 Å². The van der Waals surface area contributed by atoms with Gasteiger partial charge in [0.25, 0.3) is 0 Å². The maximum absolute atomic E-state index is 13.3. The molecule has 6 heteroatoms. The smallest absolute Gasteiger partial charge is 0.335 e. The summed E-state index contributed by atoms with van der Waals surface area (Å²) < 4.78 is 30.7. The third kappa shape index (κ3) is 2.76. The first-order valence-corrected chi connectivity index (χ1v) is 5.15. The molecule has 0 aliphatic rings. The maximum atomic E-state index is 13.3. The molecule has 0 aromatic heterocycles. The average molecular weight is 295 g/mol. The van der Waals surface area contributed by atoms with Crippen molar-refractivity contribution >= 4 is 21.9 Å². The molecule has 0 heterocycles. The van der Waals surface area contributed by atoms with Gasteiger partial charge in [0, 0.05) is 6.42 Å². The zero-order valence-electron chi connectivity index (χ0n) is 8.34. The summed E-state index contributed by atoms with van der Waals surface area (Å²) in [5.41, 5.74) is -0.0846. The Morgan fingerprint density at radius 2 is 2.12 bits per heavy atom. The van der Waals surface area contributed by atoms with Gasteiger partial charge in [-0.1, -0.05) is 6.07 Å². The lowest BCUT2D eigenvalue weighted by Crippen LogP contribution is -2.24. The van der Waals surface area contributed by atoms with Crippen LogP contribution in [0.25, 0.3) is 0 Å². The van der Waals surface area contributed by atoms with Crippen LogP contribution in [0.3, 0.4) is 0 Å². The summed E-state index contributed by atoms with van der Waals surface area (Å²) in [5, 5.41) is 9.28. The minimum atomic E-state index is -1.50. The molecule has 0 amide bonds. The zero-order valence-corrected chi connectivity index (χ0v) is 9.92. The molecule has 0 radical (unpaired) electrons. The number of aliphatic hydroxyl groups is 1. The SMILES string of the molecule is COC(=O)C(O)Cc1ccc(Br)c(F)c1F. The molecule has 1 aromatic rings. The molecule has 1 unspecified atom stereocenters. The van der Waals surface area contributed by atoms with Crippen molar-refractivity contribution in [1.29, 1.82) is 0 Å². The van der Waals surface area contributed by atoms with E-state index in [1.54, 1.807) is 0 Å². The topological polar surface area (TPSA) is 46.5 Å². The van der Waals surface area contributed by atoms with Crippen LogP contribution in [0.15, 0.2) is 16.6 Å². The molecule has 0 bridgehead atoms. The van der Waals surface area contributed by atoms with Gasteiger partial charge in [0.1, 0.15) is 0 Å². The van der Waals surface area contributed by atoms with E-state index in [1.165, 1.54) is 12.1 Å². The number of benzene rings is 1. The van der Waals surface area contributed by atoms with E-state index in [9.17, 15) is 18.7 Å². The van der Waals surface area contributed by atoms with Crippen LogP contribution in [0.1, 0.15) is 5.56 Å². The lowest BCUT2D eigenvalue weighted by molar-refractivity contribution is -0.150. The Morgan fingerprint density at radius 1 is 1.50 bits per heavy atom. The number of hydrogen-bond acceptors (Lipinski definition) is 3. The highest BCUT2D eigenvalue weighted by Gasteiger charge is 2.20. The van der Waals surface area contributed by atoms with Crippen LogP contribution >= 0.6 is 15.9 Å². The number of rotatable bonds is 3. The Bertz CT molecular complexity index is 409. The molecule has 0 fully saturated rings. The fourth-order valence-corrected chi connectivity index (χ4v) is 1.46. The second-order valence-corrected chi connectivity index (χ2v) is 3.93. The number of ether oxygens (including phenoxy) is 1. The van der Waals surface area contributed by atoms with Gasteiger partial charge in [-0.2, -0.15) is 0 Å². The first-order valence-electron chi connectivity index (χ1n) is 4.35. The van der Waals surface area contributed by atoms with Gasteiger partial charge in [0.05, 0.1) is 11.6 Å². The van der Waals surface area contributed by atoms with Crippen LogP contribution in [0.5, 0.6) is 0 Å².